The lowest BCUT2D eigenvalue weighted by atomic mass is 9.91. The van der Waals surface area contributed by atoms with Gasteiger partial charge in [0.25, 0.3) is 5.69 Å². The van der Waals surface area contributed by atoms with Crippen molar-refractivity contribution in [3.63, 3.8) is 0 Å². The number of nitro groups is 1. The van der Waals surface area contributed by atoms with Crippen LogP contribution in [0.2, 0.25) is 0 Å². The number of hydrogen-bond donors (Lipinski definition) is 2. The lowest BCUT2D eigenvalue weighted by Gasteiger charge is -2.24. The number of aromatic amines is 1. The maximum absolute atomic E-state index is 13.9. The topological polar surface area (TPSA) is 75.5 Å². The Balaban J connectivity index is 1.58. The predicted molar refractivity (Wildman–Crippen MR) is 102 cm³/mol. The Hall–Kier alpha value is -2.73. The molecule has 2 atom stereocenters. The van der Waals surface area contributed by atoms with Gasteiger partial charge in [-0.15, -0.1) is 0 Å². The maximum atomic E-state index is 13.9. The Kier molecular flexibility index (Phi) is 4.66. The van der Waals surface area contributed by atoms with Crippen LogP contribution < -0.4 is 5.32 Å². The summed E-state index contributed by atoms with van der Waals surface area (Å²) in [6.07, 6.45) is 3.70. The standard InChI is InChI=1S/C21H22FN3O2/c1-13(11-14-5-2-3-7-18(14)22)23-20-8-4-6-16-17-12-15(25(26)27)9-10-19(17)24-21(16)20/h2-3,5,7,9-10,12-13,20,23-24H,4,6,8,11H2,1H3/p+1/t13-,20+/m0/s1. The molecule has 1 heterocycles. The minimum Gasteiger partial charge on any atom is -0.353 e. The van der Waals surface area contributed by atoms with Crippen molar-refractivity contribution in [3.8, 4) is 0 Å². The van der Waals surface area contributed by atoms with Crippen molar-refractivity contribution >= 4 is 16.6 Å². The molecule has 0 bridgehead atoms. The molecule has 0 spiro atoms. The summed E-state index contributed by atoms with van der Waals surface area (Å²) in [5, 5.41) is 14.4. The molecule has 1 aliphatic rings. The maximum Gasteiger partial charge on any atom is 0.270 e. The highest BCUT2D eigenvalue weighted by Crippen LogP contribution is 2.34. The number of nitro benzene ring substituents is 1. The smallest absolute Gasteiger partial charge is 0.270 e. The van der Waals surface area contributed by atoms with Gasteiger partial charge in [-0.1, -0.05) is 18.2 Å². The number of aryl methyl sites for hydroxylation is 1. The molecule has 4 rings (SSSR count). The number of rotatable bonds is 5. The number of fused-ring (bicyclic) bond motifs is 3. The summed E-state index contributed by atoms with van der Waals surface area (Å²) in [6.45, 7) is 2.12. The molecule has 6 heteroatoms. The van der Waals surface area contributed by atoms with Crippen LogP contribution >= 0.6 is 0 Å². The molecule has 140 valence electrons. The zero-order valence-corrected chi connectivity index (χ0v) is 15.2. The van der Waals surface area contributed by atoms with Crippen LogP contribution in [0.1, 0.15) is 42.6 Å². The molecule has 2 aromatic carbocycles. The van der Waals surface area contributed by atoms with E-state index in [2.05, 4.69) is 17.2 Å². The molecule has 0 unspecified atom stereocenters. The molecule has 3 aromatic rings. The average molecular weight is 368 g/mol. The highest BCUT2D eigenvalue weighted by atomic mass is 19.1. The SMILES string of the molecule is C[C@@H](Cc1ccccc1F)[NH2+][C@@H]1CCCc2c1[nH]c1ccc([N+](=O)[O-])cc21. The van der Waals surface area contributed by atoms with Crippen LogP contribution in [0, 0.1) is 15.9 Å². The van der Waals surface area contributed by atoms with Crippen molar-refractivity contribution < 1.29 is 14.6 Å². The molecule has 1 aliphatic carbocycles. The summed E-state index contributed by atoms with van der Waals surface area (Å²) in [4.78, 5) is 14.2. The molecule has 0 radical (unpaired) electrons. The van der Waals surface area contributed by atoms with Gasteiger partial charge in [0, 0.05) is 35.9 Å². The first kappa shape index (κ1) is 17.7. The number of benzene rings is 2. The van der Waals surface area contributed by atoms with E-state index in [0.717, 1.165) is 41.4 Å². The summed E-state index contributed by atoms with van der Waals surface area (Å²) in [5.74, 6) is -0.153. The third-order valence-electron chi connectivity index (χ3n) is 5.51. The van der Waals surface area contributed by atoms with Gasteiger partial charge < -0.3 is 10.3 Å². The number of hydrogen-bond acceptors (Lipinski definition) is 2. The van der Waals surface area contributed by atoms with Gasteiger partial charge in [0.15, 0.2) is 0 Å². The summed E-state index contributed by atoms with van der Waals surface area (Å²) >= 11 is 0. The normalized spacial score (nSPS) is 17.6. The van der Waals surface area contributed by atoms with E-state index < -0.39 is 0 Å². The van der Waals surface area contributed by atoms with Gasteiger partial charge in [-0.05, 0) is 43.0 Å². The Morgan fingerprint density at radius 2 is 2.15 bits per heavy atom. The van der Waals surface area contributed by atoms with E-state index in [1.165, 1.54) is 11.6 Å². The average Bonchev–Trinajstić information content (AvgIpc) is 3.02. The minimum absolute atomic E-state index is 0.128. The van der Waals surface area contributed by atoms with Crippen molar-refractivity contribution in [2.75, 3.05) is 0 Å². The fourth-order valence-corrected chi connectivity index (χ4v) is 4.27. The Morgan fingerprint density at radius 3 is 2.93 bits per heavy atom. The third kappa shape index (κ3) is 3.45. The molecule has 0 amide bonds. The van der Waals surface area contributed by atoms with Crippen LogP contribution in [-0.4, -0.2) is 15.9 Å². The number of nitrogens with one attached hydrogen (secondary N) is 1. The van der Waals surface area contributed by atoms with Gasteiger partial charge in [0.05, 0.1) is 16.7 Å². The second-order valence-electron chi connectivity index (χ2n) is 7.47. The molecule has 3 N–H and O–H groups in total. The van der Waals surface area contributed by atoms with Gasteiger partial charge in [-0.3, -0.25) is 10.1 Å². The number of non-ortho nitro benzene ring substituents is 1. The van der Waals surface area contributed by atoms with E-state index in [1.807, 2.05) is 12.1 Å². The molecule has 0 fully saturated rings. The first-order valence-electron chi connectivity index (χ1n) is 9.40. The summed E-state index contributed by atoms with van der Waals surface area (Å²) in [5.41, 5.74) is 4.18. The van der Waals surface area contributed by atoms with Crippen LogP contribution in [0.5, 0.6) is 0 Å². The number of H-pyrrole nitrogens is 1. The van der Waals surface area contributed by atoms with Crippen molar-refractivity contribution in [1.82, 2.24) is 4.98 Å². The van der Waals surface area contributed by atoms with Gasteiger partial charge in [-0.25, -0.2) is 4.39 Å². The van der Waals surface area contributed by atoms with E-state index in [0.29, 0.717) is 6.42 Å². The van der Waals surface area contributed by atoms with E-state index in [-0.39, 0.29) is 28.5 Å². The lowest BCUT2D eigenvalue weighted by molar-refractivity contribution is -0.726. The van der Waals surface area contributed by atoms with Crippen LogP contribution in [0.25, 0.3) is 10.9 Å². The molecular weight excluding hydrogens is 345 g/mol. The van der Waals surface area contributed by atoms with E-state index in [4.69, 9.17) is 0 Å². The second kappa shape index (κ2) is 7.12. The Bertz CT molecular complexity index is 998. The zero-order valence-electron chi connectivity index (χ0n) is 15.2. The van der Waals surface area contributed by atoms with Gasteiger partial charge in [0.1, 0.15) is 11.9 Å². The fourth-order valence-electron chi connectivity index (χ4n) is 4.27. The van der Waals surface area contributed by atoms with Crippen LogP contribution in [0.15, 0.2) is 42.5 Å². The predicted octanol–water partition coefficient (Wildman–Crippen LogP) is 3.79. The Labute approximate surface area is 156 Å². The largest absolute Gasteiger partial charge is 0.353 e. The number of nitrogens with zero attached hydrogens (tertiary/aromatic N) is 1. The first-order valence-corrected chi connectivity index (χ1v) is 9.40. The quantitative estimate of drug-likeness (QED) is 0.531. The molecule has 0 saturated heterocycles. The second-order valence-corrected chi connectivity index (χ2v) is 7.47. The number of nitrogens with two attached hydrogens (primary N) is 1. The van der Waals surface area contributed by atoms with Crippen molar-refractivity contribution in [3.05, 3.63) is 75.2 Å². The van der Waals surface area contributed by atoms with E-state index >= 15 is 0 Å². The van der Waals surface area contributed by atoms with Gasteiger partial charge >= 0.3 is 0 Å². The first-order chi connectivity index (χ1) is 13.0. The minimum atomic E-state index is -0.345. The molecule has 1 aromatic heterocycles. The van der Waals surface area contributed by atoms with Crippen molar-refractivity contribution in [2.24, 2.45) is 0 Å². The Morgan fingerprint density at radius 1 is 1.33 bits per heavy atom. The highest BCUT2D eigenvalue weighted by molar-refractivity contribution is 5.87. The molecule has 0 saturated carbocycles. The summed E-state index contributed by atoms with van der Waals surface area (Å²) in [7, 11) is 0. The molecule has 5 nitrogen and oxygen atoms in total. The highest BCUT2D eigenvalue weighted by Gasteiger charge is 2.29. The fraction of sp³-hybridized carbons (Fsp3) is 0.333. The number of aromatic nitrogens is 1. The molecule has 0 aliphatic heterocycles. The van der Waals surface area contributed by atoms with Crippen molar-refractivity contribution in [1.29, 1.82) is 0 Å². The van der Waals surface area contributed by atoms with E-state index in [1.54, 1.807) is 24.3 Å². The van der Waals surface area contributed by atoms with Gasteiger partial charge in [-0.2, -0.15) is 0 Å². The summed E-state index contributed by atoms with van der Waals surface area (Å²) < 4.78 is 13.9. The van der Waals surface area contributed by atoms with Crippen LogP contribution in [0.3, 0.4) is 0 Å². The third-order valence-corrected chi connectivity index (χ3v) is 5.51. The number of halogens is 1. The van der Waals surface area contributed by atoms with Crippen LogP contribution in [0.4, 0.5) is 10.1 Å². The molecule has 27 heavy (non-hydrogen) atoms. The molecular formula is C21H23FN3O2+. The van der Waals surface area contributed by atoms with Crippen LogP contribution in [-0.2, 0) is 12.8 Å². The van der Waals surface area contributed by atoms with E-state index in [9.17, 15) is 14.5 Å². The van der Waals surface area contributed by atoms with Crippen molar-refractivity contribution in [2.45, 2.75) is 44.7 Å². The zero-order chi connectivity index (χ0) is 19.0. The number of quaternary nitrogens is 1. The lowest BCUT2D eigenvalue weighted by Crippen LogP contribution is -2.90. The van der Waals surface area contributed by atoms with Gasteiger partial charge in [0.2, 0.25) is 0 Å². The monoisotopic (exact) mass is 368 g/mol. The summed E-state index contributed by atoms with van der Waals surface area (Å²) in [6, 6.07) is 12.4.